The number of hydrogen-bond acceptors (Lipinski definition) is 7. The third-order valence-electron chi connectivity index (χ3n) is 6.16. The number of hydrogen-bond donors (Lipinski definition) is 2. The fourth-order valence-corrected chi connectivity index (χ4v) is 4.54. The van der Waals surface area contributed by atoms with Crippen LogP contribution in [0, 0.1) is 0 Å². The monoisotopic (exact) mass is 446 g/mol. The quantitative estimate of drug-likeness (QED) is 0.498. The molecule has 9 nitrogen and oxygen atoms in total. The number of carbonyl (C=O) groups excluding carboxylic acids is 1. The largest absolute Gasteiger partial charge is 0.380 e. The Morgan fingerprint density at radius 2 is 1.88 bits per heavy atom. The lowest BCUT2D eigenvalue weighted by molar-refractivity contribution is 0.0965. The van der Waals surface area contributed by atoms with Crippen molar-refractivity contribution >= 4 is 45.3 Å². The van der Waals surface area contributed by atoms with E-state index in [4.69, 9.17) is 15.0 Å². The van der Waals surface area contributed by atoms with Crippen LogP contribution in [0.2, 0.25) is 0 Å². The summed E-state index contributed by atoms with van der Waals surface area (Å²) in [5, 5.41) is 6.22. The van der Waals surface area contributed by atoms with Gasteiger partial charge in [-0.3, -0.25) is 9.20 Å². The third-order valence-corrected chi connectivity index (χ3v) is 6.16. The molecule has 3 aromatic heterocycles. The average Bonchev–Trinajstić information content (AvgIpc) is 3.05. The van der Waals surface area contributed by atoms with Gasteiger partial charge in [-0.05, 0) is 46.0 Å². The lowest BCUT2D eigenvalue weighted by atomic mass is 10.1. The van der Waals surface area contributed by atoms with Crippen molar-refractivity contribution in [3.8, 4) is 0 Å². The lowest BCUT2D eigenvalue weighted by Gasteiger charge is -2.23. The predicted octanol–water partition coefficient (Wildman–Crippen LogP) is 2.75. The summed E-state index contributed by atoms with van der Waals surface area (Å²) in [6.45, 7) is 7.98. The number of rotatable bonds is 4. The van der Waals surface area contributed by atoms with E-state index in [9.17, 15) is 4.79 Å². The van der Waals surface area contributed by atoms with Gasteiger partial charge in [0.05, 0.1) is 22.9 Å². The molecule has 1 fully saturated rings. The van der Waals surface area contributed by atoms with Gasteiger partial charge in [0.1, 0.15) is 16.9 Å². The molecule has 4 aromatic rings. The number of fused-ring (bicyclic) bond motifs is 5. The van der Waals surface area contributed by atoms with Gasteiger partial charge in [-0.15, -0.1) is 0 Å². The van der Waals surface area contributed by atoms with Gasteiger partial charge in [-0.1, -0.05) is 12.1 Å². The Balaban J connectivity index is 1.84. The van der Waals surface area contributed by atoms with E-state index in [2.05, 4.69) is 27.5 Å². The molecule has 172 valence electrons. The molecular formula is C24H30N8O. The smallest absolute Gasteiger partial charge is 0.257 e. The summed E-state index contributed by atoms with van der Waals surface area (Å²) < 4.78 is 1.97. The fraction of sp³-hybridized carbons (Fsp3) is 0.417. The van der Waals surface area contributed by atoms with Gasteiger partial charge in [-0.2, -0.15) is 0 Å². The number of imidazole rings is 1. The van der Waals surface area contributed by atoms with Gasteiger partial charge in [0, 0.05) is 32.7 Å². The van der Waals surface area contributed by atoms with E-state index >= 15 is 0 Å². The van der Waals surface area contributed by atoms with E-state index in [1.165, 1.54) is 0 Å². The highest BCUT2D eigenvalue weighted by molar-refractivity contribution is 6.12. The predicted molar refractivity (Wildman–Crippen MR) is 132 cm³/mol. The van der Waals surface area contributed by atoms with Gasteiger partial charge in [-0.25, -0.2) is 15.0 Å². The molecule has 2 N–H and O–H groups in total. The molecule has 1 aromatic carbocycles. The van der Waals surface area contributed by atoms with Crippen LogP contribution in [0.25, 0.3) is 27.8 Å². The van der Waals surface area contributed by atoms with Crippen LogP contribution in [-0.4, -0.2) is 76.5 Å². The lowest BCUT2D eigenvalue weighted by Crippen LogP contribution is -2.29. The first-order valence-electron chi connectivity index (χ1n) is 11.5. The zero-order valence-corrected chi connectivity index (χ0v) is 19.6. The van der Waals surface area contributed by atoms with Crippen LogP contribution < -0.4 is 15.5 Å². The molecule has 0 aliphatic carbocycles. The maximum Gasteiger partial charge on any atom is 0.257 e. The molecule has 0 radical (unpaired) electrons. The fourth-order valence-electron chi connectivity index (χ4n) is 4.54. The second-order valence-corrected chi connectivity index (χ2v) is 8.93. The van der Waals surface area contributed by atoms with Gasteiger partial charge in [0.25, 0.3) is 5.91 Å². The minimum Gasteiger partial charge on any atom is -0.380 e. The summed E-state index contributed by atoms with van der Waals surface area (Å²) in [7, 11) is 3.79. The van der Waals surface area contributed by atoms with Gasteiger partial charge in [0.15, 0.2) is 11.3 Å². The number of anilines is 2. The molecular weight excluding hydrogens is 416 g/mol. The minimum atomic E-state index is -0.207. The van der Waals surface area contributed by atoms with E-state index in [1.807, 2.05) is 48.7 Å². The number of benzene rings is 1. The first-order chi connectivity index (χ1) is 16.0. The molecule has 0 unspecified atom stereocenters. The molecule has 5 rings (SSSR count). The first kappa shape index (κ1) is 21.4. The Hall–Kier alpha value is -3.46. The van der Waals surface area contributed by atoms with Crippen LogP contribution in [0.1, 0.15) is 30.6 Å². The van der Waals surface area contributed by atoms with Crippen molar-refractivity contribution in [3.05, 3.63) is 36.0 Å². The van der Waals surface area contributed by atoms with Crippen molar-refractivity contribution in [1.29, 1.82) is 0 Å². The topological polar surface area (TPSA) is 90.7 Å². The second kappa shape index (κ2) is 8.47. The summed E-state index contributed by atoms with van der Waals surface area (Å²) in [6, 6.07) is 8.00. The minimum absolute atomic E-state index is 0.103. The maximum absolute atomic E-state index is 13.1. The number of aromatic nitrogens is 4. The SMILES string of the molecule is CNC(=O)c1c(NC(C)C)c2ncc(N3CCCN(C)CC3)nc2n2c1nc1ccccc12. The molecule has 1 saturated heterocycles. The third kappa shape index (κ3) is 3.72. The normalized spacial score (nSPS) is 15.5. The molecule has 1 aliphatic rings. The average molecular weight is 447 g/mol. The summed E-state index contributed by atoms with van der Waals surface area (Å²) in [5.74, 6) is 0.641. The Morgan fingerprint density at radius 1 is 1.06 bits per heavy atom. The van der Waals surface area contributed by atoms with Gasteiger partial charge < -0.3 is 20.4 Å². The van der Waals surface area contributed by atoms with Crippen molar-refractivity contribution in [3.63, 3.8) is 0 Å². The van der Waals surface area contributed by atoms with Crippen LogP contribution in [0.15, 0.2) is 30.5 Å². The molecule has 0 saturated carbocycles. The number of likely N-dealkylation sites (N-methyl/N-ethyl adjacent to an activating group) is 1. The number of nitrogens with zero attached hydrogens (tertiary/aromatic N) is 6. The van der Waals surface area contributed by atoms with Crippen molar-refractivity contribution in [2.24, 2.45) is 0 Å². The van der Waals surface area contributed by atoms with E-state index in [0.717, 1.165) is 49.5 Å². The molecule has 1 amide bonds. The van der Waals surface area contributed by atoms with Crippen molar-refractivity contribution in [2.45, 2.75) is 26.3 Å². The number of pyridine rings is 1. The van der Waals surface area contributed by atoms with E-state index in [-0.39, 0.29) is 11.9 Å². The second-order valence-electron chi connectivity index (χ2n) is 8.93. The van der Waals surface area contributed by atoms with Crippen LogP contribution >= 0.6 is 0 Å². The Morgan fingerprint density at radius 3 is 2.67 bits per heavy atom. The van der Waals surface area contributed by atoms with E-state index in [0.29, 0.717) is 28.1 Å². The number of nitrogens with one attached hydrogen (secondary N) is 2. The van der Waals surface area contributed by atoms with Gasteiger partial charge >= 0.3 is 0 Å². The van der Waals surface area contributed by atoms with Gasteiger partial charge in [0.2, 0.25) is 0 Å². The summed E-state index contributed by atoms with van der Waals surface area (Å²) in [6.07, 6.45) is 2.91. The highest BCUT2D eigenvalue weighted by atomic mass is 16.1. The molecule has 33 heavy (non-hydrogen) atoms. The van der Waals surface area contributed by atoms with E-state index in [1.54, 1.807) is 7.05 Å². The molecule has 1 aliphatic heterocycles. The molecule has 0 spiro atoms. The molecule has 0 bridgehead atoms. The number of amides is 1. The standard InChI is InChI=1S/C24H30N8O/c1-15(2)27-20-19(24(33)25-3)22-28-16-8-5-6-9-17(16)32(22)23-21(20)26-14-18(29-23)31-11-7-10-30(4)12-13-31/h5-6,8-9,14-15,27H,7,10-13H2,1-4H3,(H,25,33). The Kier molecular flexibility index (Phi) is 5.49. The molecule has 0 atom stereocenters. The number of para-hydroxylation sites is 2. The van der Waals surface area contributed by atoms with E-state index < -0.39 is 0 Å². The van der Waals surface area contributed by atoms with Crippen LogP contribution in [0.3, 0.4) is 0 Å². The highest BCUT2D eigenvalue weighted by Crippen LogP contribution is 2.33. The number of carbonyl (C=O) groups is 1. The Bertz CT molecular complexity index is 1350. The van der Waals surface area contributed by atoms with Crippen LogP contribution in [0.4, 0.5) is 11.5 Å². The highest BCUT2D eigenvalue weighted by Gasteiger charge is 2.26. The zero-order valence-electron chi connectivity index (χ0n) is 19.6. The van der Waals surface area contributed by atoms with Crippen LogP contribution in [0.5, 0.6) is 0 Å². The Labute approximate surface area is 192 Å². The van der Waals surface area contributed by atoms with Crippen molar-refractivity contribution < 1.29 is 4.79 Å². The summed E-state index contributed by atoms with van der Waals surface area (Å²) in [4.78, 5) is 32.5. The molecule has 4 heterocycles. The van der Waals surface area contributed by atoms with Crippen LogP contribution in [-0.2, 0) is 0 Å². The summed E-state index contributed by atoms with van der Waals surface area (Å²) >= 11 is 0. The first-order valence-corrected chi connectivity index (χ1v) is 11.5. The van der Waals surface area contributed by atoms with Crippen molar-refractivity contribution in [2.75, 3.05) is 50.5 Å². The maximum atomic E-state index is 13.1. The summed E-state index contributed by atoms with van der Waals surface area (Å²) in [5.41, 5.74) is 4.80. The van der Waals surface area contributed by atoms with Crippen molar-refractivity contribution in [1.82, 2.24) is 29.6 Å². The zero-order chi connectivity index (χ0) is 23.1. The molecule has 9 heteroatoms.